The molecule has 27 heavy (non-hydrogen) atoms. The molecule has 3 unspecified atom stereocenters. The molecule has 0 bridgehead atoms. The van der Waals surface area contributed by atoms with Crippen molar-refractivity contribution < 1.29 is 19.3 Å². The molecule has 3 atom stereocenters. The summed E-state index contributed by atoms with van der Waals surface area (Å²) in [4.78, 5) is 2.32. The largest absolute Gasteiger partial charge is 0.394 e. The van der Waals surface area contributed by atoms with Crippen LogP contribution in [0.4, 0.5) is 4.39 Å². The van der Waals surface area contributed by atoms with Gasteiger partial charge in [0.2, 0.25) is 0 Å². The third-order valence-corrected chi connectivity index (χ3v) is 5.70. The lowest BCUT2D eigenvalue weighted by Gasteiger charge is -2.33. The first-order valence-corrected chi connectivity index (χ1v) is 10.5. The first-order valence-electron chi connectivity index (χ1n) is 10.5. The van der Waals surface area contributed by atoms with Crippen LogP contribution in [-0.4, -0.2) is 47.0 Å². The monoisotopic (exact) mass is 381 g/mol. The fraction of sp³-hybridized carbons (Fsp3) is 0.727. The molecule has 0 radical (unpaired) electrons. The quantitative estimate of drug-likeness (QED) is 0.808. The van der Waals surface area contributed by atoms with E-state index in [1.54, 1.807) is 6.07 Å². The molecule has 0 aromatic heterocycles. The van der Waals surface area contributed by atoms with E-state index in [2.05, 4.69) is 11.8 Å². The third-order valence-electron chi connectivity index (χ3n) is 5.70. The minimum Gasteiger partial charge on any atom is -0.394 e. The number of rotatable bonds is 5. The molecule has 0 spiro atoms. The summed E-state index contributed by atoms with van der Waals surface area (Å²) in [5, 5.41) is 19.3. The SMILES string of the molecule is CC.CCC1CCN(Cc2cc(C3CC(O)CC(CO)O3)ccc2F)CC1. The number of piperidine rings is 1. The average molecular weight is 382 g/mol. The number of likely N-dealkylation sites (tertiary alicyclic amines) is 1. The van der Waals surface area contributed by atoms with Gasteiger partial charge in [0.05, 0.1) is 24.9 Å². The highest BCUT2D eigenvalue weighted by molar-refractivity contribution is 5.27. The van der Waals surface area contributed by atoms with Crippen LogP contribution in [0.2, 0.25) is 0 Å². The van der Waals surface area contributed by atoms with Crippen molar-refractivity contribution in [2.75, 3.05) is 19.7 Å². The van der Waals surface area contributed by atoms with Gasteiger partial charge in [-0.3, -0.25) is 4.90 Å². The second-order valence-electron chi connectivity index (χ2n) is 7.53. The van der Waals surface area contributed by atoms with E-state index in [4.69, 9.17) is 4.74 Å². The molecular formula is C22H36FNO3. The maximum Gasteiger partial charge on any atom is 0.127 e. The Morgan fingerprint density at radius 3 is 2.52 bits per heavy atom. The van der Waals surface area contributed by atoms with Gasteiger partial charge in [-0.25, -0.2) is 4.39 Å². The van der Waals surface area contributed by atoms with E-state index in [0.717, 1.165) is 24.6 Å². The van der Waals surface area contributed by atoms with E-state index >= 15 is 0 Å². The lowest BCUT2D eigenvalue weighted by molar-refractivity contribution is -0.113. The van der Waals surface area contributed by atoms with Crippen LogP contribution in [0.1, 0.15) is 70.1 Å². The number of halogens is 1. The Morgan fingerprint density at radius 1 is 1.19 bits per heavy atom. The molecule has 2 aliphatic rings. The molecule has 1 aromatic carbocycles. The molecule has 0 amide bonds. The Balaban J connectivity index is 0.00000126. The first kappa shape index (κ1) is 22.3. The Kier molecular flexibility index (Phi) is 9.16. The summed E-state index contributed by atoms with van der Waals surface area (Å²) in [6.45, 7) is 8.80. The molecule has 5 heteroatoms. The number of aliphatic hydroxyl groups is 2. The molecule has 4 nitrogen and oxygen atoms in total. The van der Waals surface area contributed by atoms with E-state index in [1.807, 2.05) is 19.9 Å². The summed E-state index contributed by atoms with van der Waals surface area (Å²) in [5.41, 5.74) is 1.58. The molecular weight excluding hydrogens is 345 g/mol. The van der Waals surface area contributed by atoms with Crippen molar-refractivity contribution >= 4 is 0 Å². The smallest absolute Gasteiger partial charge is 0.127 e. The van der Waals surface area contributed by atoms with E-state index in [9.17, 15) is 14.6 Å². The molecule has 2 heterocycles. The van der Waals surface area contributed by atoms with Crippen LogP contribution in [0.5, 0.6) is 0 Å². The van der Waals surface area contributed by atoms with Crippen molar-refractivity contribution in [3.63, 3.8) is 0 Å². The Morgan fingerprint density at radius 2 is 1.89 bits per heavy atom. The molecule has 2 aliphatic heterocycles. The van der Waals surface area contributed by atoms with Crippen LogP contribution in [0.25, 0.3) is 0 Å². The standard InChI is InChI=1S/C20H30FNO3.C2H6/c1-2-14-5-7-22(8-6-14)12-16-9-15(3-4-19(16)21)20-11-17(24)10-18(13-23)25-20;1-2/h3-4,9,14,17-18,20,23-24H,2,5-8,10-13H2,1H3;1-2H3. The molecule has 2 fully saturated rings. The highest BCUT2D eigenvalue weighted by Gasteiger charge is 2.29. The Bertz CT molecular complexity index is 560. The van der Waals surface area contributed by atoms with Crippen molar-refractivity contribution in [3.8, 4) is 0 Å². The number of hydrogen-bond donors (Lipinski definition) is 2. The summed E-state index contributed by atoms with van der Waals surface area (Å²) in [6, 6.07) is 5.11. The summed E-state index contributed by atoms with van der Waals surface area (Å²) in [6.07, 6.45) is 3.42. The van der Waals surface area contributed by atoms with Crippen LogP contribution in [-0.2, 0) is 11.3 Å². The summed E-state index contributed by atoms with van der Waals surface area (Å²) in [7, 11) is 0. The summed E-state index contributed by atoms with van der Waals surface area (Å²) in [5.74, 6) is 0.622. The minimum absolute atomic E-state index is 0.103. The molecule has 2 N–H and O–H groups in total. The summed E-state index contributed by atoms with van der Waals surface area (Å²) >= 11 is 0. The highest BCUT2D eigenvalue weighted by Crippen LogP contribution is 2.32. The Hall–Kier alpha value is -1.01. The topological polar surface area (TPSA) is 52.9 Å². The molecule has 3 rings (SSSR count). The van der Waals surface area contributed by atoms with Gasteiger partial charge in [-0.15, -0.1) is 0 Å². The van der Waals surface area contributed by atoms with Gasteiger partial charge in [0.15, 0.2) is 0 Å². The van der Waals surface area contributed by atoms with Gasteiger partial charge in [0.1, 0.15) is 5.82 Å². The van der Waals surface area contributed by atoms with Gasteiger partial charge in [-0.2, -0.15) is 0 Å². The zero-order valence-corrected chi connectivity index (χ0v) is 17.0. The number of nitrogens with zero attached hydrogens (tertiary/aromatic N) is 1. The first-order chi connectivity index (χ1) is 13.1. The van der Waals surface area contributed by atoms with E-state index in [1.165, 1.54) is 25.3 Å². The van der Waals surface area contributed by atoms with Crippen LogP contribution >= 0.6 is 0 Å². The lowest BCUT2D eigenvalue weighted by atomic mass is 9.93. The van der Waals surface area contributed by atoms with Gasteiger partial charge in [-0.05, 0) is 49.5 Å². The number of aliphatic hydroxyl groups excluding tert-OH is 2. The van der Waals surface area contributed by atoms with Crippen LogP contribution in [0.3, 0.4) is 0 Å². The number of ether oxygens (including phenoxy) is 1. The zero-order chi connectivity index (χ0) is 19.8. The van der Waals surface area contributed by atoms with Crippen molar-refractivity contribution in [2.24, 2.45) is 5.92 Å². The van der Waals surface area contributed by atoms with Crippen molar-refractivity contribution in [1.82, 2.24) is 4.90 Å². The molecule has 2 saturated heterocycles. The van der Waals surface area contributed by atoms with E-state index in [-0.39, 0.29) is 24.6 Å². The fourth-order valence-electron chi connectivity index (χ4n) is 4.03. The predicted octanol–water partition coefficient (Wildman–Crippen LogP) is 4.05. The predicted molar refractivity (Wildman–Crippen MR) is 106 cm³/mol. The second-order valence-corrected chi connectivity index (χ2v) is 7.53. The molecule has 0 saturated carbocycles. The van der Waals surface area contributed by atoms with E-state index in [0.29, 0.717) is 24.9 Å². The average Bonchev–Trinajstić information content (AvgIpc) is 2.71. The summed E-state index contributed by atoms with van der Waals surface area (Å²) < 4.78 is 20.2. The molecule has 0 aliphatic carbocycles. The number of hydrogen-bond acceptors (Lipinski definition) is 4. The van der Waals surface area contributed by atoms with Crippen molar-refractivity contribution in [2.45, 2.75) is 77.7 Å². The number of benzene rings is 1. The van der Waals surface area contributed by atoms with Gasteiger partial charge < -0.3 is 14.9 Å². The fourth-order valence-corrected chi connectivity index (χ4v) is 4.03. The normalized spacial score (nSPS) is 27.1. The van der Waals surface area contributed by atoms with Gasteiger partial charge in [-0.1, -0.05) is 33.3 Å². The third kappa shape index (κ3) is 6.24. The van der Waals surface area contributed by atoms with Crippen LogP contribution < -0.4 is 0 Å². The maximum absolute atomic E-state index is 14.3. The highest BCUT2D eigenvalue weighted by atomic mass is 19.1. The van der Waals surface area contributed by atoms with Crippen LogP contribution in [0.15, 0.2) is 18.2 Å². The zero-order valence-electron chi connectivity index (χ0n) is 17.0. The Labute approximate surface area is 163 Å². The molecule has 154 valence electrons. The van der Waals surface area contributed by atoms with Gasteiger partial charge in [0, 0.05) is 24.9 Å². The van der Waals surface area contributed by atoms with Crippen molar-refractivity contribution in [1.29, 1.82) is 0 Å². The van der Waals surface area contributed by atoms with Gasteiger partial charge >= 0.3 is 0 Å². The van der Waals surface area contributed by atoms with E-state index < -0.39 is 6.10 Å². The minimum atomic E-state index is -0.488. The second kappa shape index (κ2) is 11.1. The van der Waals surface area contributed by atoms with Gasteiger partial charge in [0.25, 0.3) is 0 Å². The molecule has 1 aromatic rings. The van der Waals surface area contributed by atoms with Crippen LogP contribution in [0, 0.1) is 11.7 Å². The van der Waals surface area contributed by atoms with Crippen molar-refractivity contribution in [3.05, 3.63) is 35.1 Å². The maximum atomic E-state index is 14.3. The lowest BCUT2D eigenvalue weighted by Crippen LogP contribution is -2.34.